The number of hydrogen-bond acceptors (Lipinski definition) is 3. The number of pyridine rings is 1. The number of aromatic nitrogens is 1. The zero-order chi connectivity index (χ0) is 15.2. The van der Waals surface area contributed by atoms with Gasteiger partial charge in [-0.1, -0.05) is 64.4 Å². The molecule has 0 bridgehead atoms. The molecule has 0 aliphatic rings. The lowest BCUT2D eigenvalue weighted by atomic mass is 10.0. The molecule has 0 saturated heterocycles. The van der Waals surface area contributed by atoms with Gasteiger partial charge in [-0.15, -0.1) is 0 Å². The van der Waals surface area contributed by atoms with E-state index in [4.69, 9.17) is 5.84 Å². The number of unbranched alkanes of at least 4 members (excludes halogenated alkanes) is 7. The third-order valence-electron chi connectivity index (χ3n) is 4.12. The molecule has 21 heavy (non-hydrogen) atoms. The Kier molecular flexibility index (Phi) is 11.0. The van der Waals surface area contributed by atoms with E-state index in [2.05, 4.69) is 23.4 Å². The normalized spacial score (nSPS) is 12.5. The predicted octanol–water partition coefficient (Wildman–Crippen LogP) is 4.38. The number of nitrogens with one attached hydrogen (secondary N) is 1. The molecule has 0 saturated carbocycles. The molecular weight excluding hydrogens is 258 g/mol. The largest absolute Gasteiger partial charge is 0.271 e. The van der Waals surface area contributed by atoms with Crippen molar-refractivity contribution in [3.05, 3.63) is 30.1 Å². The predicted molar refractivity (Wildman–Crippen MR) is 90.9 cm³/mol. The van der Waals surface area contributed by atoms with Gasteiger partial charge in [0, 0.05) is 17.9 Å². The highest BCUT2D eigenvalue weighted by atomic mass is 15.2. The maximum atomic E-state index is 5.66. The molecule has 1 aromatic heterocycles. The third kappa shape index (κ3) is 9.59. The smallest absolute Gasteiger partial charge is 0.0404 e. The molecule has 0 aliphatic carbocycles. The van der Waals surface area contributed by atoms with Crippen LogP contribution < -0.4 is 11.3 Å². The van der Waals surface area contributed by atoms with E-state index in [-0.39, 0.29) is 0 Å². The first-order chi connectivity index (χ1) is 10.4. The minimum atomic E-state index is 0.423. The summed E-state index contributed by atoms with van der Waals surface area (Å²) < 4.78 is 0. The fraction of sp³-hybridized carbons (Fsp3) is 0.722. The molecule has 0 aliphatic heterocycles. The number of rotatable bonds is 13. The Morgan fingerprint density at radius 2 is 1.71 bits per heavy atom. The molecule has 1 unspecified atom stereocenters. The van der Waals surface area contributed by atoms with Gasteiger partial charge in [0.15, 0.2) is 0 Å². The number of nitrogens with zero attached hydrogens (tertiary/aromatic N) is 1. The van der Waals surface area contributed by atoms with Crippen molar-refractivity contribution in [2.24, 2.45) is 5.84 Å². The number of nitrogens with two attached hydrogens (primary N) is 1. The van der Waals surface area contributed by atoms with Crippen LogP contribution in [-0.4, -0.2) is 11.0 Å². The van der Waals surface area contributed by atoms with Crippen LogP contribution >= 0.6 is 0 Å². The molecular formula is C18H33N3. The van der Waals surface area contributed by atoms with Gasteiger partial charge < -0.3 is 0 Å². The Morgan fingerprint density at radius 1 is 1.00 bits per heavy atom. The first-order valence-electron chi connectivity index (χ1n) is 8.72. The molecule has 0 spiro atoms. The van der Waals surface area contributed by atoms with Crippen molar-refractivity contribution < 1.29 is 0 Å². The van der Waals surface area contributed by atoms with Gasteiger partial charge in [-0.25, -0.2) is 0 Å². The Bertz CT molecular complexity index is 326. The highest BCUT2D eigenvalue weighted by Gasteiger charge is 2.06. The third-order valence-corrected chi connectivity index (χ3v) is 4.12. The summed E-state index contributed by atoms with van der Waals surface area (Å²) in [5, 5.41) is 0. The Morgan fingerprint density at radius 3 is 2.33 bits per heavy atom. The lowest BCUT2D eigenvalue weighted by molar-refractivity contribution is 0.436. The summed E-state index contributed by atoms with van der Waals surface area (Å²) in [5.41, 5.74) is 4.12. The van der Waals surface area contributed by atoms with Crippen molar-refractivity contribution in [2.75, 3.05) is 0 Å². The topological polar surface area (TPSA) is 50.9 Å². The first-order valence-corrected chi connectivity index (χ1v) is 8.72. The van der Waals surface area contributed by atoms with E-state index in [9.17, 15) is 0 Å². The SMILES string of the molecule is CCCCCCCCCCC(CCc1ccccn1)NN. The van der Waals surface area contributed by atoms with Crippen molar-refractivity contribution in [3.63, 3.8) is 0 Å². The van der Waals surface area contributed by atoms with E-state index in [1.807, 2.05) is 18.3 Å². The average Bonchev–Trinajstić information content (AvgIpc) is 2.54. The van der Waals surface area contributed by atoms with Crippen LogP contribution in [0.4, 0.5) is 0 Å². The van der Waals surface area contributed by atoms with E-state index in [0.717, 1.165) is 18.5 Å². The lowest BCUT2D eigenvalue weighted by Gasteiger charge is -2.15. The van der Waals surface area contributed by atoms with Crippen LogP contribution in [0.25, 0.3) is 0 Å². The zero-order valence-corrected chi connectivity index (χ0v) is 13.7. The van der Waals surface area contributed by atoms with E-state index < -0.39 is 0 Å². The van der Waals surface area contributed by atoms with Gasteiger partial charge in [0.1, 0.15) is 0 Å². The minimum absolute atomic E-state index is 0.423. The van der Waals surface area contributed by atoms with E-state index in [1.165, 1.54) is 57.8 Å². The highest BCUT2D eigenvalue weighted by molar-refractivity contribution is 5.03. The molecule has 1 heterocycles. The van der Waals surface area contributed by atoms with E-state index in [0.29, 0.717) is 6.04 Å². The van der Waals surface area contributed by atoms with Crippen LogP contribution in [0.1, 0.15) is 76.8 Å². The molecule has 1 atom stereocenters. The molecule has 3 heteroatoms. The van der Waals surface area contributed by atoms with Gasteiger partial charge >= 0.3 is 0 Å². The first kappa shape index (κ1) is 18.1. The van der Waals surface area contributed by atoms with Gasteiger partial charge in [0.2, 0.25) is 0 Å². The molecule has 0 fully saturated rings. The molecule has 120 valence electrons. The highest BCUT2D eigenvalue weighted by Crippen LogP contribution is 2.12. The number of hydrazine groups is 1. The van der Waals surface area contributed by atoms with E-state index in [1.54, 1.807) is 0 Å². The Labute approximate surface area is 130 Å². The molecule has 3 nitrogen and oxygen atoms in total. The monoisotopic (exact) mass is 291 g/mol. The molecule has 1 rings (SSSR count). The van der Waals surface area contributed by atoms with Crippen LogP contribution in [0.5, 0.6) is 0 Å². The summed E-state index contributed by atoms with van der Waals surface area (Å²) in [6.45, 7) is 2.27. The van der Waals surface area contributed by atoms with Crippen molar-refractivity contribution >= 4 is 0 Å². The second-order valence-electron chi connectivity index (χ2n) is 5.99. The van der Waals surface area contributed by atoms with Crippen LogP contribution in [0.2, 0.25) is 0 Å². The standard InChI is InChI=1S/C18H33N3/c1-2-3-4-5-6-7-8-9-13-18(21-19)15-14-17-12-10-11-16-20-17/h10-12,16,18,21H,2-9,13-15,19H2,1H3. The maximum absolute atomic E-state index is 5.66. The van der Waals surface area contributed by atoms with Crippen molar-refractivity contribution in [2.45, 2.75) is 83.6 Å². The van der Waals surface area contributed by atoms with Gasteiger partial charge in [-0.05, 0) is 31.4 Å². The molecule has 0 radical (unpaired) electrons. The van der Waals surface area contributed by atoms with Crippen LogP contribution in [0.3, 0.4) is 0 Å². The van der Waals surface area contributed by atoms with Gasteiger partial charge in [0.05, 0.1) is 0 Å². The van der Waals surface area contributed by atoms with Crippen molar-refractivity contribution in [3.8, 4) is 0 Å². The van der Waals surface area contributed by atoms with Crippen LogP contribution in [0, 0.1) is 0 Å². The summed E-state index contributed by atoms with van der Waals surface area (Å²) in [7, 11) is 0. The maximum Gasteiger partial charge on any atom is 0.0404 e. The number of aryl methyl sites for hydroxylation is 1. The van der Waals surface area contributed by atoms with Gasteiger partial charge in [-0.3, -0.25) is 16.3 Å². The van der Waals surface area contributed by atoms with Gasteiger partial charge in [-0.2, -0.15) is 0 Å². The molecule has 0 aromatic carbocycles. The molecule has 1 aromatic rings. The lowest BCUT2D eigenvalue weighted by Crippen LogP contribution is -2.35. The summed E-state index contributed by atoms with van der Waals surface area (Å²) in [4.78, 5) is 4.36. The summed E-state index contributed by atoms with van der Waals surface area (Å²) in [5.74, 6) is 5.66. The summed E-state index contributed by atoms with van der Waals surface area (Å²) in [6.07, 6.45) is 16.1. The molecule has 0 amide bonds. The van der Waals surface area contributed by atoms with E-state index >= 15 is 0 Å². The van der Waals surface area contributed by atoms with Crippen LogP contribution in [0.15, 0.2) is 24.4 Å². The summed E-state index contributed by atoms with van der Waals surface area (Å²) >= 11 is 0. The minimum Gasteiger partial charge on any atom is -0.271 e. The van der Waals surface area contributed by atoms with Gasteiger partial charge in [0.25, 0.3) is 0 Å². The zero-order valence-electron chi connectivity index (χ0n) is 13.7. The van der Waals surface area contributed by atoms with Crippen LogP contribution in [-0.2, 0) is 6.42 Å². The fourth-order valence-electron chi connectivity index (χ4n) is 2.70. The van der Waals surface area contributed by atoms with Crippen molar-refractivity contribution in [1.29, 1.82) is 0 Å². The quantitative estimate of drug-likeness (QED) is 0.322. The second kappa shape index (κ2) is 12.8. The van der Waals surface area contributed by atoms with Crippen molar-refractivity contribution in [1.82, 2.24) is 10.4 Å². The molecule has 3 N–H and O–H groups in total. The number of hydrogen-bond donors (Lipinski definition) is 2. The average molecular weight is 291 g/mol. The second-order valence-corrected chi connectivity index (χ2v) is 5.99. The Hall–Kier alpha value is -0.930. The summed E-state index contributed by atoms with van der Waals surface area (Å²) in [6, 6.07) is 6.52. The Balaban J connectivity index is 2.01. The fourth-order valence-corrected chi connectivity index (χ4v) is 2.70.